The Morgan fingerprint density at radius 3 is 2.79 bits per heavy atom. The molecule has 3 N–H and O–H groups in total. The molecule has 29 heavy (non-hydrogen) atoms. The number of phenols is 2. The Morgan fingerprint density at radius 2 is 2.03 bits per heavy atom. The molecule has 0 aliphatic carbocycles. The van der Waals surface area contributed by atoms with Crippen molar-refractivity contribution in [2.45, 2.75) is 32.2 Å². The van der Waals surface area contributed by atoms with E-state index < -0.39 is 23.1 Å². The number of aliphatic hydroxyl groups is 1. The predicted octanol–water partition coefficient (Wildman–Crippen LogP) is 3.32. The van der Waals surface area contributed by atoms with Crippen LogP contribution in [0.25, 0.3) is 21.9 Å². The van der Waals surface area contributed by atoms with Crippen LogP contribution in [0.4, 0.5) is 0 Å². The standard InChI is InChI=1S/C22H18O7/c1-10(2)3-4-11-5-6-13(23)20-15(11)17(24)12-9-14-16(18(25)19(12)29-20)22(26)7-8-27-21(22)28-14/h3,5-9,21,23,25-26H,4H2,1-2H3. The molecule has 2 unspecified atom stereocenters. The number of hydrogen-bond donors (Lipinski definition) is 3. The highest BCUT2D eigenvalue weighted by molar-refractivity contribution is 5.97. The summed E-state index contributed by atoms with van der Waals surface area (Å²) in [5.74, 6) is -0.493. The Bertz CT molecular complexity index is 1310. The third kappa shape index (κ3) is 2.31. The minimum absolute atomic E-state index is 0.0157. The van der Waals surface area contributed by atoms with E-state index in [0.29, 0.717) is 12.0 Å². The average Bonchev–Trinajstić information content (AvgIpc) is 3.15. The fourth-order valence-electron chi connectivity index (χ4n) is 3.89. The first kappa shape index (κ1) is 17.6. The second-order valence-corrected chi connectivity index (χ2v) is 7.55. The topological polar surface area (TPSA) is 109 Å². The van der Waals surface area contributed by atoms with E-state index in [-0.39, 0.29) is 39.0 Å². The van der Waals surface area contributed by atoms with Gasteiger partial charge in [0.2, 0.25) is 5.43 Å². The maximum atomic E-state index is 13.3. The molecule has 2 aromatic carbocycles. The first-order valence-electron chi connectivity index (χ1n) is 9.14. The number of aromatic hydroxyl groups is 2. The lowest BCUT2D eigenvalue weighted by molar-refractivity contribution is -0.110. The highest BCUT2D eigenvalue weighted by atomic mass is 16.7. The van der Waals surface area contributed by atoms with Crippen molar-refractivity contribution in [2.75, 3.05) is 0 Å². The number of allylic oxidation sites excluding steroid dienone is 2. The molecule has 0 fully saturated rings. The van der Waals surface area contributed by atoms with Crippen LogP contribution in [0, 0.1) is 0 Å². The van der Waals surface area contributed by atoms with E-state index in [1.54, 1.807) is 6.07 Å². The Labute approximate surface area is 164 Å². The molecule has 3 heterocycles. The molecule has 7 heteroatoms. The zero-order chi connectivity index (χ0) is 20.5. The summed E-state index contributed by atoms with van der Waals surface area (Å²) >= 11 is 0. The molecular weight excluding hydrogens is 376 g/mol. The normalized spacial score (nSPS) is 21.7. The van der Waals surface area contributed by atoms with Crippen molar-refractivity contribution >= 4 is 21.9 Å². The van der Waals surface area contributed by atoms with Gasteiger partial charge in [-0.25, -0.2) is 0 Å². The molecule has 5 rings (SSSR count). The van der Waals surface area contributed by atoms with Gasteiger partial charge in [0.1, 0.15) is 5.75 Å². The number of ether oxygens (including phenoxy) is 2. The smallest absolute Gasteiger partial charge is 0.277 e. The van der Waals surface area contributed by atoms with Gasteiger partial charge in [0, 0.05) is 0 Å². The zero-order valence-corrected chi connectivity index (χ0v) is 15.7. The molecule has 7 nitrogen and oxygen atoms in total. The number of hydrogen-bond acceptors (Lipinski definition) is 7. The van der Waals surface area contributed by atoms with E-state index in [1.807, 2.05) is 19.9 Å². The quantitative estimate of drug-likeness (QED) is 0.452. The summed E-state index contributed by atoms with van der Waals surface area (Å²) in [7, 11) is 0. The zero-order valence-electron chi connectivity index (χ0n) is 15.7. The maximum absolute atomic E-state index is 13.3. The fraction of sp³-hybridized carbons (Fsp3) is 0.227. The Kier molecular flexibility index (Phi) is 3.51. The second kappa shape index (κ2) is 5.78. The Morgan fingerprint density at radius 1 is 1.24 bits per heavy atom. The van der Waals surface area contributed by atoms with Crippen molar-refractivity contribution in [1.29, 1.82) is 0 Å². The number of fused-ring (bicyclic) bond motifs is 5. The van der Waals surface area contributed by atoms with Crippen LogP contribution < -0.4 is 10.2 Å². The maximum Gasteiger partial charge on any atom is 0.277 e. The highest BCUT2D eigenvalue weighted by Gasteiger charge is 2.53. The predicted molar refractivity (Wildman–Crippen MR) is 105 cm³/mol. The highest BCUT2D eigenvalue weighted by Crippen LogP contribution is 2.52. The summed E-state index contributed by atoms with van der Waals surface area (Å²) in [5, 5.41) is 32.3. The molecule has 2 aliphatic rings. The van der Waals surface area contributed by atoms with Crippen molar-refractivity contribution in [2.24, 2.45) is 0 Å². The Balaban J connectivity index is 1.86. The van der Waals surface area contributed by atoms with Crippen LogP contribution in [-0.2, 0) is 16.8 Å². The van der Waals surface area contributed by atoms with E-state index in [2.05, 4.69) is 0 Å². The third-order valence-corrected chi connectivity index (χ3v) is 5.37. The molecule has 1 aromatic heterocycles. The van der Waals surface area contributed by atoms with Gasteiger partial charge in [0.25, 0.3) is 6.29 Å². The van der Waals surface area contributed by atoms with Gasteiger partial charge in [-0.2, -0.15) is 0 Å². The lowest BCUT2D eigenvalue weighted by Crippen LogP contribution is -2.33. The molecular formula is C22H18O7. The van der Waals surface area contributed by atoms with E-state index in [0.717, 1.165) is 5.57 Å². The number of phenolic OH excluding ortho intramolecular Hbond substituents is 2. The molecule has 0 bridgehead atoms. The van der Waals surface area contributed by atoms with Gasteiger partial charge in [-0.15, -0.1) is 0 Å². The molecule has 3 aromatic rings. The third-order valence-electron chi connectivity index (χ3n) is 5.37. The van der Waals surface area contributed by atoms with Crippen LogP contribution in [0.2, 0.25) is 0 Å². The minimum Gasteiger partial charge on any atom is -0.504 e. The van der Waals surface area contributed by atoms with Crippen molar-refractivity contribution in [3.8, 4) is 17.2 Å². The molecule has 0 saturated heterocycles. The van der Waals surface area contributed by atoms with Crippen molar-refractivity contribution in [3.63, 3.8) is 0 Å². The van der Waals surface area contributed by atoms with Gasteiger partial charge < -0.3 is 29.2 Å². The van der Waals surface area contributed by atoms with Crippen LogP contribution in [0.15, 0.2) is 51.4 Å². The van der Waals surface area contributed by atoms with Gasteiger partial charge in [0.05, 0.1) is 22.6 Å². The van der Waals surface area contributed by atoms with Crippen LogP contribution >= 0.6 is 0 Å². The summed E-state index contributed by atoms with van der Waals surface area (Å²) in [4.78, 5) is 13.3. The van der Waals surface area contributed by atoms with Gasteiger partial charge >= 0.3 is 0 Å². The van der Waals surface area contributed by atoms with Crippen LogP contribution in [0.1, 0.15) is 25.0 Å². The molecule has 0 radical (unpaired) electrons. The molecule has 148 valence electrons. The summed E-state index contributed by atoms with van der Waals surface area (Å²) in [6, 6.07) is 4.56. The summed E-state index contributed by atoms with van der Waals surface area (Å²) in [5.41, 5.74) is -0.394. The number of benzene rings is 2. The SMILES string of the molecule is CC(C)=CCc1ccc(O)c2oc3c(O)c4c(cc3c(=O)c12)OC1OC=CC41O. The summed E-state index contributed by atoms with van der Waals surface area (Å²) in [6.07, 6.45) is 4.06. The van der Waals surface area contributed by atoms with Gasteiger partial charge in [-0.1, -0.05) is 17.7 Å². The minimum atomic E-state index is -1.69. The van der Waals surface area contributed by atoms with Crippen LogP contribution in [0.3, 0.4) is 0 Å². The van der Waals surface area contributed by atoms with E-state index in [1.165, 1.54) is 24.5 Å². The van der Waals surface area contributed by atoms with Gasteiger partial charge in [-0.3, -0.25) is 4.79 Å². The summed E-state index contributed by atoms with van der Waals surface area (Å²) < 4.78 is 16.6. The first-order chi connectivity index (χ1) is 13.8. The van der Waals surface area contributed by atoms with Gasteiger partial charge in [-0.05, 0) is 44.0 Å². The summed E-state index contributed by atoms with van der Waals surface area (Å²) in [6.45, 7) is 3.91. The second-order valence-electron chi connectivity index (χ2n) is 7.55. The van der Waals surface area contributed by atoms with E-state index in [4.69, 9.17) is 13.9 Å². The molecule has 0 amide bonds. The molecule has 2 aliphatic heterocycles. The molecule has 2 atom stereocenters. The van der Waals surface area contributed by atoms with Gasteiger partial charge in [0.15, 0.2) is 28.3 Å². The van der Waals surface area contributed by atoms with E-state index in [9.17, 15) is 20.1 Å². The fourth-order valence-corrected chi connectivity index (χ4v) is 3.89. The largest absolute Gasteiger partial charge is 0.504 e. The van der Waals surface area contributed by atoms with Crippen LogP contribution in [0.5, 0.6) is 17.2 Å². The molecule has 0 saturated carbocycles. The Hall–Kier alpha value is -3.45. The monoisotopic (exact) mass is 394 g/mol. The van der Waals surface area contributed by atoms with Crippen molar-refractivity contribution in [1.82, 2.24) is 0 Å². The lowest BCUT2D eigenvalue weighted by atomic mass is 9.93. The first-order valence-corrected chi connectivity index (χ1v) is 9.14. The van der Waals surface area contributed by atoms with E-state index >= 15 is 0 Å². The van der Waals surface area contributed by atoms with Crippen molar-refractivity contribution < 1.29 is 29.2 Å². The lowest BCUT2D eigenvalue weighted by Gasteiger charge is -2.18. The van der Waals surface area contributed by atoms with Crippen LogP contribution in [-0.4, -0.2) is 21.6 Å². The average molecular weight is 394 g/mol. The molecule has 0 spiro atoms. The number of rotatable bonds is 2. The van der Waals surface area contributed by atoms with Crippen molar-refractivity contribution in [3.05, 3.63) is 63.5 Å².